The molecule has 0 spiro atoms. The number of ether oxygens (including phenoxy) is 1. The molecule has 182 valence electrons. The zero-order chi connectivity index (χ0) is 24.4. The average Bonchev–Trinajstić information content (AvgIpc) is 3.47. The highest BCUT2D eigenvalue weighted by Gasteiger charge is 2.44. The van der Waals surface area contributed by atoms with Gasteiger partial charge in [-0.2, -0.15) is 5.10 Å². The van der Waals surface area contributed by atoms with Crippen molar-refractivity contribution in [1.29, 1.82) is 0 Å². The molecule has 0 aromatic heterocycles. The number of benzene rings is 2. The highest BCUT2D eigenvalue weighted by atomic mass is 32.2. The number of halogens is 1. The molecule has 0 radical (unpaired) electrons. The summed E-state index contributed by atoms with van der Waals surface area (Å²) in [4.78, 5) is 26.5. The first kappa shape index (κ1) is 23.2. The molecule has 35 heavy (non-hydrogen) atoms. The summed E-state index contributed by atoms with van der Waals surface area (Å²) in [6.07, 6.45) is 4.61. The standard InChI is InChI=1S/C24H25FN6O3S/c1-2-34-23(33)16-4-3-5-18(12-16)26-21(32)14-35-24-28-27-22-20-13-19(15-6-8-17(25)9-7-15)29-31(20)11-10-30(22)24/h3-12,19-20,22,27,29H,2,13-14H2,1H3,(H,26,32). The lowest BCUT2D eigenvalue weighted by molar-refractivity contribution is -0.113. The van der Waals surface area contributed by atoms with Gasteiger partial charge in [-0.3, -0.25) is 10.2 Å². The number of fused-ring (bicyclic) bond motifs is 3. The minimum absolute atomic E-state index is 0.0693. The van der Waals surface area contributed by atoms with Gasteiger partial charge in [0.2, 0.25) is 5.91 Å². The van der Waals surface area contributed by atoms with E-state index in [2.05, 4.69) is 26.3 Å². The van der Waals surface area contributed by atoms with Crippen molar-refractivity contribution in [2.45, 2.75) is 31.6 Å². The average molecular weight is 497 g/mol. The largest absolute Gasteiger partial charge is 0.462 e. The number of hydrogen-bond donors (Lipinski definition) is 3. The predicted octanol–water partition coefficient (Wildman–Crippen LogP) is 2.98. The van der Waals surface area contributed by atoms with Crippen LogP contribution in [0.2, 0.25) is 0 Å². The second-order valence-electron chi connectivity index (χ2n) is 8.26. The first-order valence-corrected chi connectivity index (χ1v) is 12.3. The van der Waals surface area contributed by atoms with Gasteiger partial charge in [-0.25, -0.2) is 14.6 Å². The third kappa shape index (κ3) is 4.96. The van der Waals surface area contributed by atoms with Crippen LogP contribution in [-0.4, -0.2) is 51.5 Å². The summed E-state index contributed by atoms with van der Waals surface area (Å²) in [7, 11) is 0. The molecule has 1 fully saturated rings. The van der Waals surface area contributed by atoms with Crippen molar-refractivity contribution in [2.75, 3.05) is 17.7 Å². The van der Waals surface area contributed by atoms with Gasteiger partial charge in [0.15, 0.2) is 5.17 Å². The maximum absolute atomic E-state index is 13.3. The molecule has 0 bridgehead atoms. The Labute approximate surface area is 206 Å². The van der Waals surface area contributed by atoms with E-state index in [1.807, 2.05) is 17.3 Å². The zero-order valence-corrected chi connectivity index (χ0v) is 19.8. The number of hydrazone groups is 1. The lowest BCUT2D eigenvalue weighted by Gasteiger charge is -2.36. The topological polar surface area (TPSA) is 98.3 Å². The van der Waals surface area contributed by atoms with Crippen LogP contribution in [-0.2, 0) is 9.53 Å². The van der Waals surface area contributed by atoms with E-state index < -0.39 is 5.97 Å². The van der Waals surface area contributed by atoms with Crippen molar-refractivity contribution in [3.63, 3.8) is 0 Å². The normalized spacial score (nSPS) is 22.2. The van der Waals surface area contributed by atoms with Crippen molar-refractivity contribution < 1.29 is 18.7 Å². The highest BCUT2D eigenvalue weighted by molar-refractivity contribution is 8.14. The summed E-state index contributed by atoms with van der Waals surface area (Å²) >= 11 is 1.33. The Morgan fingerprint density at radius 3 is 2.86 bits per heavy atom. The van der Waals surface area contributed by atoms with Gasteiger partial charge in [-0.1, -0.05) is 30.0 Å². The monoisotopic (exact) mass is 496 g/mol. The van der Waals surface area contributed by atoms with E-state index in [1.54, 1.807) is 43.3 Å². The second kappa shape index (κ2) is 9.96. The lowest BCUT2D eigenvalue weighted by Crippen LogP contribution is -2.54. The molecule has 3 unspecified atom stereocenters. The fourth-order valence-corrected chi connectivity index (χ4v) is 5.10. The quantitative estimate of drug-likeness (QED) is 0.525. The molecular formula is C24H25FN6O3S. The summed E-state index contributed by atoms with van der Waals surface area (Å²) in [5.41, 5.74) is 8.58. The van der Waals surface area contributed by atoms with Crippen LogP contribution in [0.15, 0.2) is 66.0 Å². The molecule has 5 rings (SSSR count). The number of nitrogens with zero attached hydrogens (tertiary/aromatic N) is 3. The van der Waals surface area contributed by atoms with E-state index in [9.17, 15) is 14.0 Å². The van der Waals surface area contributed by atoms with Crippen LogP contribution in [0.1, 0.15) is 35.3 Å². The summed E-state index contributed by atoms with van der Waals surface area (Å²) in [6, 6.07) is 13.4. The van der Waals surface area contributed by atoms with Crippen LogP contribution in [0.4, 0.5) is 10.1 Å². The number of hydrazine groups is 1. The van der Waals surface area contributed by atoms with Crippen LogP contribution in [0.3, 0.4) is 0 Å². The molecule has 2 aromatic carbocycles. The molecule has 9 nitrogen and oxygen atoms in total. The van der Waals surface area contributed by atoms with Gasteiger partial charge < -0.3 is 20.0 Å². The Hall–Kier alpha value is -3.57. The molecule has 0 saturated carbocycles. The molecule has 1 amide bonds. The van der Waals surface area contributed by atoms with Crippen molar-refractivity contribution in [1.82, 2.24) is 20.8 Å². The van der Waals surface area contributed by atoms with Gasteiger partial charge in [0, 0.05) is 18.1 Å². The second-order valence-corrected chi connectivity index (χ2v) is 9.20. The number of esters is 1. The fraction of sp³-hybridized carbons (Fsp3) is 0.292. The smallest absolute Gasteiger partial charge is 0.338 e. The molecule has 3 atom stereocenters. The van der Waals surface area contributed by atoms with Crippen LogP contribution >= 0.6 is 11.8 Å². The number of hydrogen-bond acceptors (Lipinski definition) is 9. The Morgan fingerprint density at radius 1 is 1.23 bits per heavy atom. The number of amides is 1. The molecule has 0 aliphatic carbocycles. The molecule has 11 heteroatoms. The van der Waals surface area contributed by atoms with E-state index in [0.29, 0.717) is 16.4 Å². The number of carbonyl (C=O) groups is 2. The summed E-state index contributed by atoms with van der Waals surface area (Å²) in [5.74, 6) is -0.724. The van der Waals surface area contributed by atoms with Gasteiger partial charge >= 0.3 is 5.97 Å². The highest BCUT2D eigenvalue weighted by Crippen LogP contribution is 2.35. The summed E-state index contributed by atoms with van der Waals surface area (Å²) < 4.78 is 18.3. The van der Waals surface area contributed by atoms with Gasteiger partial charge in [-0.15, -0.1) is 0 Å². The zero-order valence-electron chi connectivity index (χ0n) is 19.0. The van der Waals surface area contributed by atoms with Crippen LogP contribution in [0, 0.1) is 5.82 Å². The number of rotatable bonds is 6. The Balaban J connectivity index is 1.15. The predicted molar refractivity (Wildman–Crippen MR) is 131 cm³/mol. The minimum atomic E-state index is -0.426. The van der Waals surface area contributed by atoms with Crippen LogP contribution in [0.25, 0.3) is 0 Å². The Morgan fingerprint density at radius 2 is 2.06 bits per heavy atom. The van der Waals surface area contributed by atoms with E-state index in [1.165, 1.54) is 23.9 Å². The van der Waals surface area contributed by atoms with Crippen molar-refractivity contribution in [2.24, 2.45) is 5.10 Å². The van der Waals surface area contributed by atoms with Crippen LogP contribution in [0.5, 0.6) is 0 Å². The van der Waals surface area contributed by atoms with E-state index >= 15 is 0 Å². The molecule has 3 aliphatic heterocycles. The van der Waals surface area contributed by atoms with Crippen molar-refractivity contribution in [3.8, 4) is 0 Å². The lowest BCUT2D eigenvalue weighted by atomic mass is 10.00. The van der Waals surface area contributed by atoms with E-state index in [0.717, 1.165) is 12.0 Å². The summed E-state index contributed by atoms with van der Waals surface area (Å²) in [6.45, 7) is 2.03. The first-order chi connectivity index (χ1) is 17.0. The Bertz CT molecular complexity index is 1170. The molecule has 3 N–H and O–H groups in total. The first-order valence-electron chi connectivity index (χ1n) is 11.3. The van der Waals surface area contributed by atoms with Crippen molar-refractivity contribution in [3.05, 3.63) is 77.9 Å². The number of amidine groups is 1. The third-order valence-electron chi connectivity index (χ3n) is 5.97. The number of carbonyl (C=O) groups excluding carboxylic acids is 2. The van der Waals surface area contributed by atoms with Gasteiger partial charge in [0.25, 0.3) is 0 Å². The van der Waals surface area contributed by atoms with Gasteiger partial charge in [-0.05, 0) is 49.2 Å². The van der Waals surface area contributed by atoms with Crippen LogP contribution < -0.4 is 16.2 Å². The third-order valence-corrected chi connectivity index (χ3v) is 6.93. The minimum Gasteiger partial charge on any atom is -0.462 e. The number of anilines is 1. The maximum Gasteiger partial charge on any atom is 0.338 e. The molecule has 3 heterocycles. The molecule has 1 saturated heterocycles. The number of nitrogens with one attached hydrogen (secondary N) is 3. The molecule has 2 aromatic rings. The maximum atomic E-state index is 13.3. The van der Waals surface area contributed by atoms with Gasteiger partial charge in [0.1, 0.15) is 12.0 Å². The number of thioether (sulfide) groups is 1. The SMILES string of the molecule is CCOC(=O)c1cccc(NC(=O)CSC2=NNC3C4CC(c5ccc(F)cc5)NN4C=CN23)c1. The van der Waals surface area contributed by atoms with E-state index in [-0.39, 0.29) is 42.3 Å². The van der Waals surface area contributed by atoms with Gasteiger partial charge in [0.05, 0.1) is 30.0 Å². The summed E-state index contributed by atoms with van der Waals surface area (Å²) in [5, 5.41) is 10.0. The fourth-order valence-electron chi connectivity index (χ4n) is 4.33. The Kier molecular flexibility index (Phi) is 6.60. The molecule has 3 aliphatic rings. The van der Waals surface area contributed by atoms with E-state index in [4.69, 9.17) is 4.74 Å². The van der Waals surface area contributed by atoms with Crippen molar-refractivity contribution >= 4 is 34.5 Å². The molecular weight excluding hydrogens is 471 g/mol.